The van der Waals surface area contributed by atoms with Crippen LogP contribution in [0.25, 0.3) is 17.1 Å². The van der Waals surface area contributed by atoms with Crippen LogP contribution in [-0.2, 0) is 4.79 Å². The number of halogens is 1. The van der Waals surface area contributed by atoms with Crippen LogP contribution in [0.1, 0.15) is 18.4 Å². The second-order valence-corrected chi connectivity index (χ2v) is 8.45. The molecule has 4 rings (SSSR count). The quantitative estimate of drug-likeness (QED) is 0.565. The SMILES string of the molecule is Cc1ccc(-n2c(SCC(=O)NC(=O)NC3CC3)nnc2-c2ccc(Cl)cc2)cc1. The fraction of sp³-hybridized carbons (Fsp3) is 0.238. The number of hydrogen-bond donors (Lipinski definition) is 2. The first kappa shape index (κ1) is 20.4. The van der Waals surface area contributed by atoms with Crippen molar-refractivity contribution in [3.8, 4) is 17.1 Å². The molecule has 1 aromatic heterocycles. The van der Waals surface area contributed by atoms with E-state index in [0.29, 0.717) is 16.0 Å². The number of rotatable bonds is 6. The highest BCUT2D eigenvalue weighted by Crippen LogP contribution is 2.29. The lowest BCUT2D eigenvalue weighted by Crippen LogP contribution is -2.41. The molecule has 2 N–H and O–H groups in total. The Morgan fingerprint density at radius 2 is 1.80 bits per heavy atom. The van der Waals surface area contributed by atoms with Crippen LogP contribution in [0.4, 0.5) is 4.79 Å². The molecule has 0 saturated heterocycles. The molecule has 3 aromatic rings. The normalized spacial score (nSPS) is 13.1. The van der Waals surface area contributed by atoms with Crippen molar-refractivity contribution >= 4 is 35.3 Å². The zero-order valence-corrected chi connectivity index (χ0v) is 17.8. The Bertz CT molecular complexity index is 1060. The number of amides is 3. The van der Waals surface area contributed by atoms with Crippen LogP contribution in [0.3, 0.4) is 0 Å². The Morgan fingerprint density at radius 1 is 1.10 bits per heavy atom. The number of thioether (sulfide) groups is 1. The summed E-state index contributed by atoms with van der Waals surface area (Å²) in [7, 11) is 0. The third-order valence-corrected chi connectivity index (χ3v) is 5.71. The third kappa shape index (κ3) is 5.01. The van der Waals surface area contributed by atoms with Crippen LogP contribution >= 0.6 is 23.4 Å². The number of carbonyl (C=O) groups excluding carboxylic acids is 2. The van der Waals surface area contributed by atoms with Crippen LogP contribution in [0, 0.1) is 6.92 Å². The van der Waals surface area contributed by atoms with Crippen LogP contribution in [0.5, 0.6) is 0 Å². The highest BCUT2D eigenvalue weighted by Gasteiger charge is 2.24. The topological polar surface area (TPSA) is 88.9 Å². The van der Waals surface area contributed by atoms with Crippen molar-refractivity contribution in [1.82, 2.24) is 25.4 Å². The molecule has 1 saturated carbocycles. The molecule has 0 radical (unpaired) electrons. The lowest BCUT2D eigenvalue weighted by molar-refractivity contribution is -0.117. The van der Waals surface area contributed by atoms with Crippen LogP contribution < -0.4 is 10.6 Å². The van der Waals surface area contributed by atoms with E-state index >= 15 is 0 Å². The number of nitrogens with one attached hydrogen (secondary N) is 2. The van der Waals surface area contributed by atoms with Crippen molar-refractivity contribution in [2.75, 3.05) is 5.75 Å². The Hall–Kier alpha value is -2.84. The summed E-state index contributed by atoms with van der Waals surface area (Å²) in [6.07, 6.45) is 1.92. The summed E-state index contributed by atoms with van der Waals surface area (Å²) in [5.74, 6) is 0.303. The minimum atomic E-state index is -0.454. The first-order chi connectivity index (χ1) is 14.5. The van der Waals surface area contributed by atoms with Gasteiger partial charge in [0.05, 0.1) is 5.75 Å². The number of nitrogens with zero attached hydrogens (tertiary/aromatic N) is 3. The van der Waals surface area contributed by atoms with E-state index in [4.69, 9.17) is 11.6 Å². The molecule has 0 unspecified atom stereocenters. The molecule has 1 aliphatic rings. The molecule has 7 nitrogen and oxygen atoms in total. The molecular formula is C21H20ClN5O2S. The molecule has 30 heavy (non-hydrogen) atoms. The fourth-order valence-corrected chi connectivity index (χ4v) is 3.70. The van der Waals surface area contributed by atoms with Gasteiger partial charge in [-0.1, -0.05) is 41.1 Å². The van der Waals surface area contributed by atoms with Gasteiger partial charge in [-0.05, 0) is 56.2 Å². The van der Waals surface area contributed by atoms with E-state index in [-0.39, 0.29) is 17.7 Å². The highest BCUT2D eigenvalue weighted by molar-refractivity contribution is 7.99. The molecule has 1 fully saturated rings. The Balaban J connectivity index is 1.56. The summed E-state index contributed by atoms with van der Waals surface area (Å²) in [5, 5.41) is 14.9. The highest BCUT2D eigenvalue weighted by atomic mass is 35.5. The maximum Gasteiger partial charge on any atom is 0.321 e. The van der Waals surface area contributed by atoms with Gasteiger partial charge in [-0.3, -0.25) is 14.7 Å². The van der Waals surface area contributed by atoms with Crippen LogP contribution in [0.15, 0.2) is 53.7 Å². The van der Waals surface area contributed by atoms with Gasteiger partial charge in [0.25, 0.3) is 0 Å². The lowest BCUT2D eigenvalue weighted by atomic mass is 10.2. The summed E-state index contributed by atoms with van der Waals surface area (Å²) < 4.78 is 1.89. The number of aryl methyl sites for hydroxylation is 1. The largest absolute Gasteiger partial charge is 0.335 e. The van der Waals surface area contributed by atoms with E-state index in [1.165, 1.54) is 11.8 Å². The van der Waals surface area contributed by atoms with E-state index < -0.39 is 6.03 Å². The van der Waals surface area contributed by atoms with Crippen molar-refractivity contribution < 1.29 is 9.59 Å². The molecule has 1 aliphatic carbocycles. The van der Waals surface area contributed by atoms with Crippen molar-refractivity contribution in [2.24, 2.45) is 0 Å². The van der Waals surface area contributed by atoms with Crippen molar-refractivity contribution in [3.05, 3.63) is 59.1 Å². The van der Waals surface area contributed by atoms with Gasteiger partial charge < -0.3 is 5.32 Å². The summed E-state index contributed by atoms with van der Waals surface area (Å²) in [6, 6.07) is 15.0. The predicted molar refractivity (Wildman–Crippen MR) is 117 cm³/mol. The monoisotopic (exact) mass is 441 g/mol. The molecule has 0 bridgehead atoms. The summed E-state index contributed by atoms with van der Waals surface area (Å²) >= 11 is 7.24. The van der Waals surface area contributed by atoms with Gasteiger partial charge in [-0.25, -0.2) is 4.79 Å². The van der Waals surface area contributed by atoms with Crippen molar-refractivity contribution in [1.29, 1.82) is 0 Å². The van der Waals surface area contributed by atoms with Crippen LogP contribution in [-0.4, -0.2) is 38.5 Å². The van der Waals surface area contributed by atoms with Crippen molar-refractivity contribution in [2.45, 2.75) is 31.0 Å². The molecule has 0 spiro atoms. The molecule has 2 aromatic carbocycles. The standard InChI is InChI=1S/C21H20ClN5O2S/c1-13-2-10-17(11-3-13)27-19(14-4-6-15(22)7-5-14)25-26-21(27)30-12-18(28)24-20(29)23-16-8-9-16/h2-7,10-11,16H,8-9,12H2,1H3,(H2,23,24,28,29). The smallest absolute Gasteiger partial charge is 0.321 e. The zero-order chi connectivity index (χ0) is 21.1. The second-order valence-electron chi connectivity index (χ2n) is 7.07. The van der Waals surface area contributed by atoms with Crippen LogP contribution in [0.2, 0.25) is 5.02 Å². The average molecular weight is 442 g/mol. The van der Waals surface area contributed by atoms with Gasteiger partial charge >= 0.3 is 6.03 Å². The minimum Gasteiger partial charge on any atom is -0.335 e. The Morgan fingerprint density at radius 3 is 2.47 bits per heavy atom. The second kappa shape index (κ2) is 8.89. The Kier molecular flexibility index (Phi) is 6.06. The van der Waals surface area contributed by atoms with E-state index in [9.17, 15) is 9.59 Å². The van der Waals surface area contributed by atoms with E-state index in [1.807, 2.05) is 47.9 Å². The Labute approximate surface area is 183 Å². The molecule has 154 valence electrons. The molecule has 0 atom stereocenters. The summed E-state index contributed by atoms with van der Waals surface area (Å²) in [4.78, 5) is 23.9. The molecule has 0 aliphatic heterocycles. The van der Waals surface area contributed by atoms with E-state index in [0.717, 1.165) is 29.7 Å². The number of hydrogen-bond acceptors (Lipinski definition) is 5. The number of benzene rings is 2. The average Bonchev–Trinajstić information content (AvgIpc) is 3.43. The van der Waals surface area contributed by atoms with Gasteiger partial charge in [0, 0.05) is 22.3 Å². The molecular weight excluding hydrogens is 422 g/mol. The van der Waals surface area contributed by atoms with E-state index in [1.54, 1.807) is 12.1 Å². The lowest BCUT2D eigenvalue weighted by Gasteiger charge is -2.11. The molecule has 1 heterocycles. The first-order valence-corrected chi connectivity index (χ1v) is 10.9. The fourth-order valence-electron chi connectivity index (χ4n) is 2.82. The van der Waals surface area contributed by atoms with Gasteiger partial charge in [-0.15, -0.1) is 10.2 Å². The third-order valence-electron chi connectivity index (χ3n) is 4.53. The number of aromatic nitrogens is 3. The minimum absolute atomic E-state index is 0.0443. The molecule has 3 amide bonds. The van der Waals surface area contributed by atoms with Gasteiger partial charge in [0.2, 0.25) is 5.91 Å². The van der Waals surface area contributed by atoms with Crippen molar-refractivity contribution in [3.63, 3.8) is 0 Å². The number of imide groups is 1. The van der Waals surface area contributed by atoms with Gasteiger partial charge in [-0.2, -0.15) is 0 Å². The predicted octanol–water partition coefficient (Wildman–Crippen LogP) is 3.98. The number of urea groups is 1. The zero-order valence-electron chi connectivity index (χ0n) is 16.3. The first-order valence-electron chi connectivity index (χ1n) is 9.51. The van der Waals surface area contributed by atoms with Gasteiger partial charge in [0.15, 0.2) is 11.0 Å². The van der Waals surface area contributed by atoms with Gasteiger partial charge in [0.1, 0.15) is 0 Å². The summed E-state index contributed by atoms with van der Waals surface area (Å²) in [6.45, 7) is 2.02. The maximum atomic E-state index is 12.2. The number of carbonyl (C=O) groups is 2. The summed E-state index contributed by atoms with van der Waals surface area (Å²) in [5.41, 5.74) is 2.87. The maximum absolute atomic E-state index is 12.2. The molecule has 9 heteroatoms. The van der Waals surface area contributed by atoms with E-state index in [2.05, 4.69) is 20.8 Å².